The maximum atomic E-state index is 10.5. The van der Waals surface area contributed by atoms with Gasteiger partial charge in [0.15, 0.2) is 11.5 Å². The number of thiazole rings is 1. The zero-order valence-corrected chi connectivity index (χ0v) is 19.0. The van der Waals surface area contributed by atoms with Gasteiger partial charge >= 0.3 is 0 Å². The minimum atomic E-state index is 0.00866. The second-order valence-corrected chi connectivity index (χ2v) is 8.71. The molecule has 8 heteroatoms. The van der Waals surface area contributed by atoms with Crippen molar-refractivity contribution in [1.29, 1.82) is 0 Å². The van der Waals surface area contributed by atoms with Crippen molar-refractivity contribution >= 4 is 65.3 Å². The van der Waals surface area contributed by atoms with Gasteiger partial charge in [-0.2, -0.15) is 0 Å². The minimum absolute atomic E-state index is 0.00866. The predicted molar refractivity (Wildman–Crippen MR) is 124 cm³/mol. The third kappa shape index (κ3) is 3.88. The van der Waals surface area contributed by atoms with Crippen LogP contribution in [0.3, 0.4) is 0 Å². The van der Waals surface area contributed by atoms with Crippen molar-refractivity contribution in [3.05, 3.63) is 63.0 Å². The van der Waals surface area contributed by atoms with Crippen molar-refractivity contribution in [2.45, 2.75) is 0 Å². The van der Waals surface area contributed by atoms with Crippen LogP contribution in [0.5, 0.6) is 17.2 Å². The predicted octanol–water partition coefficient (Wildman–Crippen LogP) is 6.66. The highest BCUT2D eigenvalue weighted by Crippen LogP contribution is 2.41. The van der Waals surface area contributed by atoms with Gasteiger partial charge in [0.25, 0.3) is 0 Å². The second-order valence-electron chi connectivity index (χ2n) is 6.09. The number of hydrogen-bond acceptors (Lipinski definition) is 6. The molecule has 0 radical (unpaired) electrons. The molecule has 0 fully saturated rings. The molecule has 146 valence electrons. The second kappa shape index (κ2) is 8.14. The Hall–Kier alpha value is -2.42. The van der Waals surface area contributed by atoms with Crippen LogP contribution >= 0.6 is 43.2 Å². The number of aromatic nitrogens is 1. The van der Waals surface area contributed by atoms with Crippen molar-refractivity contribution in [3.63, 3.8) is 0 Å². The van der Waals surface area contributed by atoms with Crippen LogP contribution < -0.4 is 4.74 Å². The van der Waals surface area contributed by atoms with Gasteiger partial charge in [0, 0.05) is 22.3 Å². The molecule has 2 N–H and O–H groups in total. The van der Waals surface area contributed by atoms with Gasteiger partial charge in [0.05, 0.1) is 33.0 Å². The Balaban J connectivity index is 1.66. The molecule has 5 nitrogen and oxygen atoms in total. The fourth-order valence-electron chi connectivity index (χ4n) is 2.77. The van der Waals surface area contributed by atoms with Crippen LogP contribution in [0.25, 0.3) is 20.8 Å². The largest absolute Gasteiger partial charge is 0.507 e. The Morgan fingerprint density at radius 2 is 1.86 bits per heavy atom. The molecule has 0 bridgehead atoms. The highest BCUT2D eigenvalue weighted by atomic mass is 79.9. The van der Waals surface area contributed by atoms with Crippen LogP contribution in [0.2, 0.25) is 0 Å². The van der Waals surface area contributed by atoms with Crippen LogP contribution in [0, 0.1) is 0 Å². The molecule has 0 spiro atoms. The zero-order chi connectivity index (χ0) is 20.5. The number of halogens is 2. The summed E-state index contributed by atoms with van der Waals surface area (Å²) in [6, 6.07) is 14.8. The van der Waals surface area contributed by atoms with E-state index >= 15 is 0 Å². The lowest BCUT2D eigenvalue weighted by Gasteiger charge is -2.09. The number of methoxy groups -OCH3 is 1. The SMILES string of the molecule is COc1cc(C=Nc2ccc(-c3nc4ccccc4s3)c(O)c2)c(Br)c(Br)c1O. The van der Waals surface area contributed by atoms with E-state index in [1.165, 1.54) is 18.4 Å². The zero-order valence-electron chi connectivity index (χ0n) is 15.1. The molecule has 0 saturated carbocycles. The van der Waals surface area contributed by atoms with Gasteiger partial charge in [0.2, 0.25) is 0 Å². The van der Waals surface area contributed by atoms with Crippen molar-refractivity contribution in [2.75, 3.05) is 7.11 Å². The molecule has 0 aliphatic carbocycles. The van der Waals surface area contributed by atoms with Crippen molar-refractivity contribution < 1.29 is 14.9 Å². The smallest absolute Gasteiger partial charge is 0.173 e. The number of ether oxygens (including phenoxy) is 1. The lowest BCUT2D eigenvalue weighted by molar-refractivity contribution is 0.371. The average Bonchev–Trinajstić information content (AvgIpc) is 3.15. The molecule has 29 heavy (non-hydrogen) atoms. The fourth-order valence-corrected chi connectivity index (χ4v) is 4.60. The van der Waals surface area contributed by atoms with E-state index in [-0.39, 0.29) is 11.5 Å². The number of phenols is 2. The molecule has 0 aliphatic rings. The van der Waals surface area contributed by atoms with E-state index in [1.807, 2.05) is 36.4 Å². The average molecular weight is 534 g/mol. The number of benzene rings is 3. The van der Waals surface area contributed by atoms with Gasteiger partial charge in [-0.3, -0.25) is 4.99 Å². The number of phenolic OH excluding ortho intramolecular Hbond substituents is 2. The Morgan fingerprint density at radius 1 is 1.07 bits per heavy atom. The van der Waals surface area contributed by atoms with Crippen LogP contribution in [-0.2, 0) is 0 Å². The molecular formula is C21H14Br2N2O3S. The van der Waals surface area contributed by atoms with Gasteiger partial charge < -0.3 is 14.9 Å². The molecule has 0 atom stereocenters. The molecule has 4 aromatic rings. The summed E-state index contributed by atoms with van der Waals surface area (Å²) in [5, 5.41) is 21.3. The number of para-hydroxylation sites is 1. The molecule has 0 aliphatic heterocycles. The summed E-state index contributed by atoms with van der Waals surface area (Å²) >= 11 is 8.29. The summed E-state index contributed by atoms with van der Waals surface area (Å²) < 4.78 is 7.37. The first-order valence-corrected chi connectivity index (χ1v) is 10.9. The van der Waals surface area contributed by atoms with Crippen molar-refractivity contribution in [3.8, 4) is 27.8 Å². The van der Waals surface area contributed by atoms with Crippen LogP contribution in [0.1, 0.15) is 5.56 Å². The first-order valence-electron chi connectivity index (χ1n) is 8.46. The number of hydrogen-bond donors (Lipinski definition) is 2. The summed E-state index contributed by atoms with van der Waals surface area (Å²) in [4.78, 5) is 9.02. The molecule has 0 saturated heterocycles. The Bertz CT molecular complexity index is 1220. The van der Waals surface area contributed by atoms with Crippen LogP contribution in [0.15, 0.2) is 62.5 Å². The molecule has 3 aromatic carbocycles. The number of fused-ring (bicyclic) bond motifs is 1. The fraction of sp³-hybridized carbons (Fsp3) is 0.0476. The molecule has 1 heterocycles. The van der Waals surface area contributed by atoms with Gasteiger partial charge in [-0.15, -0.1) is 11.3 Å². The number of nitrogens with zero attached hydrogens (tertiary/aromatic N) is 2. The van der Waals surface area contributed by atoms with E-state index in [9.17, 15) is 10.2 Å². The summed E-state index contributed by atoms with van der Waals surface area (Å²) in [5.41, 5.74) is 2.87. The third-order valence-corrected chi connectivity index (χ3v) is 7.48. The lowest BCUT2D eigenvalue weighted by Crippen LogP contribution is -1.91. The van der Waals surface area contributed by atoms with Crippen LogP contribution in [0.4, 0.5) is 5.69 Å². The molecule has 0 unspecified atom stereocenters. The number of aliphatic imine (C=N–C) groups is 1. The minimum Gasteiger partial charge on any atom is -0.507 e. The quantitative estimate of drug-likeness (QED) is 0.288. The van der Waals surface area contributed by atoms with E-state index in [2.05, 4.69) is 41.8 Å². The summed E-state index contributed by atoms with van der Waals surface area (Å²) in [5.74, 6) is 0.451. The molecule has 1 aromatic heterocycles. The van der Waals surface area contributed by atoms with Crippen molar-refractivity contribution in [1.82, 2.24) is 4.98 Å². The number of aromatic hydroxyl groups is 2. The monoisotopic (exact) mass is 532 g/mol. The summed E-state index contributed by atoms with van der Waals surface area (Å²) in [7, 11) is 1.48. The maximum Gasteiger partial charge on any atom is 0.173 e. The Morgan fingerprint density at radius 3 is 2.59 bits per heavy atom. The topological polar surface area (TPSA) is 74.9 Å². The van der Waals surface area contributed by atoms with Gasteiger partial charge in [-0.1, -0.05) is 12.1 Å². The molecule has 4 rings (SSSR count). The van der Waals surface area contributed by atoms with Crippen LogP contribution in [-0.4, -0.2) is 28.5 Å². The van der Waals surface area contributed by atoms with Gasteiger partial charge in [-0.05, 0) is 62.2 Å². The first kappa shape index (κ1) is 19.9. The maximum absolute atomic E-state index is 10.5. The third-order valence-electron chi connectivity index (χ3n) is 4.25. The standard InChI is InChI=1S/C21H14Br2N2O3S/c1-28-16-8-11(18(22)19(23)20(16)27)10-24-12-6-7-13(15(26)9-12)21-25-14-4-2-3-5-17(14)29-21/h2-10,26-27H,1H3. The summed E-state index contributed by atoms with van der Waals surface area (Å²) in [6.45, 7) is 0. The van der Waals surface area contributed by atoms with E-state index in [0.717, 1.165) is 15.2 Å². The number of rotatable bonds is 4. The molecular weight excluding hydrogens is 520 g/mol. The van der Waals surface area contributed by atoms with E-state index in [1.54, 1.807) is 18.3 Å². The highest BCUT2D eigenvalue weighted by Gasteiger charge is 2.14. The molecule has 0 amide bonds. The Kier molecular flexibility index (Phi) is 5.58. The lowest BCUT2D eigenvalue weighted by atomic mass is 10.2. The van der Waals surface area contributed by atoms with Crippen molar-refractivity contribution in [2.24, 2.45) is 4.99 Å². The first-order chi connectivity index (χ1) is 14.0. The van der Waals surface area contributed by atoms with E-state index in [0.29, 0.717) is 31.5 Å². The summed E-state index contributed by atoms with van der Waals surface area (Å²) in [6.07, 6.45) is 1.63. The Labute approximate surface area is 187 Å². The van der Waals surface area contributed by atoms with E-state index < -0.39 is 0 Å². The van der Waals surface area contributed by atoms with Gasteiger partial charge in [0.1, 0.15) is 10.8 Å². The van der Waals surface area contributed by atoms with Gasteiger partial charge in [-0.25, -0.2) is 4.98 Å². The normalized spacial score (nSPS) is 11.4. The highest BCUT2D eigenvalue weighted by molar-refractivity contribution is 9.13. The van der Waals surface area contributed by atoms with E-state index in [4.69, 9.17) is 4.74 Å².